The molecule has 0 radical (unpaired) electrons. The fraction of sp³-hybridized carbons (Fsp3) is 0.462. The van der Waals surface area contributed by atoms with Gasteiger partial charge in [-0.2, -0.15) is 11.8 Å². The van der Waals surface area contributed by atoms with Crippen molar-refractivity contribution in [3.63, 3.8) is 0 Å². The third-order valence-electron chi connectivity index (χ3n) is 2.45. The summed E-state index contributed by atoms with van der Waals surface area (Å²) in [5.74, 6) is 1.08. The van der Waals surface area contributed by atoms with Gasteiger partial charge >= 0.3 is 0 Å². The SMILES string of the molecule is CCSCCC(C)NC(=O)c1cc(Cl)ccc1F. The Morgan fingerprint density at radius 1 is 1.56 bits per heavy atom. The van der Waals surface area contributed by atoms with Crippen molar-refractivity contribution >= 4 is 29.3 Å². The number of carbonyl (C=O) groups excluding carboxylic acids is 1. The van der Waals surface area contributed by atoms with E-state index in [2.05, 4.69) is 12.2 Å². The van der Waals surface area contributed by atoms with E-state index < -0.39 is 11.7 Å². The molecule has 1 aromatic rings. The largest absolute Gasteiger partial charge is 0.349 e. The first-order valence-electron chi connectivity index (χ1n) is 5.88. The van der Waals surface area contributed by atoms with Crippen molar-refractivity contribution < 1.29 is 9.18 Å². The van der Waals surface area contributed by atoms with Crippen LogP contribution < -0.4 is 5.32 Å². The van der Waals surface area contributed by atoms with Crippen LogP contribution in [0, 0.1) is 5.82 Å². The van der Waals surface area contributed by atoms with Crippen LogP contribution in [0.4, 0.5) is 4.39 Å². The van der Waals surface area contributed by atoms with E-state index in [0.717, 1.165) is 17.9 Å². The molecule has 2 nitrogen and oxygen atoms in total. The summed E-state index contributed by atoms with van der Waals surface area (Å²) in [7, 11) is 0. The second-order valence-electron chi connectivity index (χ2n) is 3.98. The summed E-state index contributed by atoms with van der Waals surface area (Å²) in [4.78, 5) is 11.8. The lowest BCUT2D eigenvalue weighted by Crippen LogP contribution is -2.33. The number of hydrogen-bond donors (Lipinski definition) is 1. The molecule has 1 unspecified atom stereocenters. The highest BCUT2D eigenvalue weighted by molar-refractivity contribution is 7.99. The Balaban J connectivity index is 2.56. The minimum Gasteiger partial charge on any atom is -0.349 e. The fourth-order valence-corrected chi connectivity index (χ4v) is 2.43. The number of rotatable bonds is 6. The van der Waals surface area contributed by atoms with Gasteiger partial charge in [0.1, 0.15) is 5.82 Å². The highest BCUT2D eigenvalue weighted by Gasteiger charge is 2.14. The molecule has 0 saturated carbocycles. The first-order valence-corrected chi connectivity index (χ1v) is 7.41. The Labute approximate surface area is 116 Å². The van der Waals surface area contributed by atoms with Gasteiger partial charge in [0.05, 0.1) is 5.56 Å². The highest BCUT2D eigenvalue weighted by atomic mass is 35.5. The fourth-order valence-electron chi connectivity index (χ4n) is 1.45. The van der Waals surface area contributed by atoms with Crippen molar-refractivity contribution in [3.8, 4) is 0 Å². The quantitative estimate of drug-likeness (QED) is 0.808. The molecule has 0 aliphatic heterocycles. The minimum atomic E-state index is -0.549. The topological polar surface area (TPSA) is 29.1 Å². The predicted molar refractivity (Wildman–Crippen MR) is 76.0 cm³/mol. The number of amides is 1. The van der Waals surface area contributed by atoms with Gasteiger partial charge in [0.2, 0.25) is 0 Å². The lowest BCUT2D eigenvalue weighted by molar-refractivity contribution is 0.0935. The molecule has 0 spiro atoms. The molecule has 1 atom stereocenters. The standard InChI is InChI=1S/C13H17ClFNOS/c1-3-18-7-6-9(2)16-13(17)11-8-10(14)4-5-12(11)15/h4-5,8-9H,3,6-7H2,1-2H3,(H,16,17). The zero-order chi connectivity index (χ0) is 13.5. The van der Waals surface area contributed by atoms with Crippen molar-refractivity contribution in [1.29, 1.82) is 0 Å². The monoisotopic (exact) mass is 289 g/mol. The normalized spacial score (nSPS) is 12.2. The zero-order valence-electron chi connectivity index (χ0n) is 10.5. The lowest BCUT2D eigenvalue weighted by Gasteiger charge is -2.14. The third-order valence-corrected chi connectivity index (χ3v) is 3.62. The van der Waals surface area contributed by atoms with Gasteiger partial charge in [-0.15, -0.1) is 0 Å². The summed E-state index contributed by atoms with van der Waals surface area (Å²) in [6.07, 6.45) is 0.867. The van der Waals surface area contributed by atoms with E-state index in [1.165, 1.54) is 18.2 Å². The van der Waals surface area contributed by atoms with Crippen molar-refractivity contribution in [2.45, 2.75) is 26.3 Å². The lowest BCUT2D eigenvalue weighted by atomic mass is 10.1. The molecule has 0 bridgehead atoms. The minimum absolute atomic E-state index is 0.00232. The van der Waals surface area contributed by atoms with Crippen molar-refractivity contribution in [1.82, 2.24) is 5.32 Å². The third kappa shape index (κ3) is 4.86. The molecule has 1 aromatic carbocycles. The van der Waals surface area contributed by atoms with E-state index in [9.17, 15) is 9.18 Å². The maximum absolute atomic E-state index is 13.5. The number of carbonyl (C=O) groups is 1. The summed E-state index contributed by atoms with van der Waals surface area (Å²) in [5, 5.41) is 3.13. The molecule has 0 saturated heterocycles. The van der Waals surface area contributed by atoms with Crippen molar-refractivity contribution in [3.05, 3.63) is 34.6 Å². The van der Waals surface area contributed by atoms with E-state index in [0.29, 0.717) is 5.02 Å². The summed E-state index contributed by atoms with van der Waals surface area (Å²) in [6.45, 7) is 4.01. The average Bonchev–Trinajstić information content (AvgIpc) is 2.32. The first-order chi connectivity index (χ1) is 8.54. The Hall–Kier alpha value is -0.740. The Bertz CT molecular complexity index is 414. The van der Waals surface area contributed by atoms with Gasteiger partial charge in [0, 0.05) is 11.1 Å². The number of benzene rings is 1. The molecule has 0 aliphatic rings. The van der Waals surface area contributed by atoms with E-state index >= 15 is 0 Å². The highest BCUT2D eigenvalue weighted by Crippen LogP contribution is 2.15. The Morgan fingerprint density at radius 2 is 2.28 bits per heavy atom. The van der Waals surface area contributed by atoms with Crippen molar-refractivity contribution in [2.24, 2.45) is 0 Å². The second kappa shape index (κ2) is 7.64. The first kappa shape index (κ1) is 15.3. The number of hydrogen-bond acceptors (Lipinski definition) is 2. The van der Waals surface area contributed by atoms with Gasteiger partial charge in [0.25, 0.3) is 5.91 Å². The van der Waals surface area contributed by atoms with Gasteiger partial charge in [-0.25, -0.2) is 4.39 Å². The van der Waals surface area contributed by atoms with Gasteiger partial charge in [0.15, 0.2) is 0 Å². The van der Waals surface area contributed by atoms with Crippen LogP contribution in [0.3, 0.4) is 0 Å². The maximum atomic E-state index is 13.5. The molecule has 0 fully saturated rings. The Morgan fingerprint density at radius 3 is 2.94 bits per heavy atom. The van der Waals surface area contributed by atoms with Gasteiger partial charge in [-0.3, -0.25) is 4.79 Å². The van der Waals surface area contributed by atoms with Crippen LogP contribution >= 0.6 is 23.4 Å². The van der Waals surface area contributed by atoms with E-state index in [-0.39, 0.29) is 11.6 Å². The summed E-state index contributed by atoms with van der Waals surface area (Å²) < 4.78 is 13.5. The second-order valence-corrected chi connectivity index (χ2v) is 5.81. The number of thioether (sulfide) groups is 1. The zero-order valence-corrected chi connectivity index (χ0v) is 12.1. The van der Waals surface area contributed by atoms with Crippen LogP contribution in [0.1, 0.15) is 30.6 Å². The van der Waals surface area contributed by atoms with Crippen LogP contribution in [-0.4, -0.2) is 23.5 Å². The van der Waals surface area contributed by atoms with Gasteiger partial charge in [-0.1, -0.05) is 18.5 Å². The summed E-state index contributed by atoms with van der Waals surface area (Å²) >= 11 is 7.57. The van der Waals surface area contributed by atoms with Crippen LogP contribution in [0.5, 0.6) is 0 Å². The number of nitrogens with one attached hydrogen (secondary N) is 1. The van der Waals surface area contributed by atoms with E-state index in [1.54, 1.807) is 0 Å². The molecule has 1 amide bonds. The maximum Gasteiger partial charge on any atom is 0.254 e. The molecule has 0 aliphatic carbocycles. The molecule has 1 rings (SSSR count). The van der Waals surface area contributed by atoms with Crippen molar-refractivity contribution in [2.75, 3.05) is 11.5 Å². The van der Waals surface area contributed by atoms with Crippen LogP contribution in [0.2, 0.25) is 5.02 Å². The van der Waals surface area contributed by atoms with Gasteiger partial charge in [-0.05, 0) is 43.0 Å². The van der Waals surface area contributed by atoms with Crippen LogP contribution in [0.15, 0.2) is 18.2 Å². The molecule has 5 heteroatoms. The Kier molecular flexibility index (Phi) is 6.50. The molecular weight excluding hydrogens is 273 g/mol. The van der Waals surface area contributed by atoms with E-state index in [4.69, 9.17) is 11.6 Å². The van der Waals surface area contributed by atoms with Gasteiger partial charge < -0.3 is 5.32 Å². The average molecular weight is 290 g/mol. The van der Waals surface area contributed by atoms with Crippen LogP contribution in [0.25, 0.3) is 0 Å². The molecule has 0 heterocycles. The summed E-state index contributed by atoms with van der Waals surface area (Å²) in [5.41, 5.74) is -0.00232. The number of halogens is 2. The smallest absolute Gasteiger partial charge is 0.254 e. The predicted octanol–water partition coefficient (Wildman–Crippen LogP) is 3.74. The van der Waals surface area contributed by atoms with E-state index in [1.807, 2.05) is 18.7 Å². The van der Waals surface area contributed by atoms with Crippen LogP contribution in [-0.2, 0) is 0 Å². The molecular formula is C13H17ClFNOS. The summed E-state index contributed by atoms with van der Waals surface area (Å²) in [6, 6.07) is 4.00. The molecule has 100 valence electrons. The molecule has 1 N–H and O–H groups in total. The molecule has 18 heavy (non-hydrogen) atoms. The molecule has 0 aromatic heterocycles.